The van der Waals surface area contributed by atoms with Crippen LogP contribution in [0.3, 0.4) is 0 Å². The second-order valence-electron chi connectivity index (χ2n) is 10.3. The number of nitrogens with zero attached hydrogens (tertiary/aromatic N) is 3. The number of hydrogen-bond donors (Lipinski definition) is 0. The first-order valence-electron chi connectivity index (χ1n) is 11.9. The highest BCUT2D eigenvalue weighted by molar-refractivity contribution is 6.32. The Balaban J connectivity index is 1.16. The smallest absolute Gasteiger partial charge is 0.410 e. The maximum Gasteiger partial charge on any atom is 0.410 e. The summed E-state index contributed by atoms with van der Waals surface area (Å²) in [5.41, 5.74) is 0.985. The van der Waals surface area contributed by atoms with E-state index in [0.717, 1.165) is 50.8 Å². The molecule has 2 heterocycles. The molecule has 1 aromatic rings. The number of carbonyl (C=O) groups excluding carboxylic acids is 1. The van der Waals surface area contributed by atoms with Crippen LogP contribution < -0.4 is 4.74 Å². The molecule has 2 aliphatic heterocycles. The highest BCUT2D eigenvalue weighted by atomic mass is 35.5. The van der Waals surface area contributed by atoms with E-state index in [2.05, 4.69) is 16.9 Å². The minimum atomic E-state index is -0.421. The van der Waals surface area contributed by atoms with Crippen molar-refractivity contribution in [2.24, 2.45) is 27.2 Å². The Bertz CT molecular complexity index is 992. The number of ether oxygens (including phenoxy) is 3. The van der Waals surface area contributed by atoms with Crippen LogP contribution in [0.5, 0.6) is 5.75 Å². The minimum Gasteiger partial charge on any atom is -0.480 e. The molecule has 178 valence electrons. The standard InChI is InChI=1S/C25H32ClN3O4/c1-4-18-21(27-15-28-22(18)32-20-6-5-16(2)11-19(20)26)31-14-25-9-10-29(13-17(25)12-25)23(30)33-24(3)7-8-24/h5-6,11,15,17-18,22H,4,7-10,12-14H2,1-3H3. The lowest BCUT2D eigenvalue weighted by Crippen LogP contribution is -2.42. The van der Waals surface area contributed by atoms with Crippen molar-refractivity contribution in [3.05, 3.63) is 28.8 Å². The van der Waals surface area contributed by atoms with Crippen molar-refractivity contribution >= 4 is 29.9 Å². The highest BCUT2D eigenvalue weighted by Gasteiger charge is 2.58. The summed E-state index contributed by atoms with van der Waals surface area (Å²) in [5.74, 6) is 1.67. The quantitative estimate of drug-likeness (QED) is 0.566. The molecule has 0 spiro atoms. The number of amides is 1. The molecule has 4 aliphatic rings. The fourth-order valence-corrected chi connectivity index (χ4v) is 5.12. The number of carbonyl (C=O) groups is 1. The fourth-order valence-electron chi connectivity index (χ4n) is 4.84. The van der Waals surface area contributed by atoms with Gasteiger partial charge in [0, 0.05) is 18.5 Å². The topological polar surface area (TPSA) is 72.7 Å². The van der Waals surface area contributed by atoms with Gasteiger partial charge >= 0.3 is 6.09 Å². The molecule has 1 amide bonds. The Kier molecular flexibility index (Phi) is 5.79. The van der Waals surface area contributed by atoms with Crippen LogP contribution in [-0.4, -0.2) is 54.8 Å². The zero-order valence-corrected chi connectivity index (χ0v) is 20.3. The van der Waals surface area contributed by atoms with Gasteiger partial charge in [-0.15, -0.1) is 0 Å². The van der Waals surface area contributed by atoms with E-state index in [-0.39, 0.29) is 23.0 Å². The van der Waals surface area contributed by atoms with E-state index in [1.807, 2.05) is 36.9 Å². The first kappa shape index (κ1) is 22.5. The normalized spacial score (nSPS) is 31.3. The summed E-state index contributed by atoms with van der Waals surface area (Å²) in [6.45, 7) is 8.16. The van der Waals surface area contributed by atoms with Crippen LogP contribution in [0.1, 0.15) is 51.5 Å². The number of hydrogen-bond acceptors (Lipinski definition) is 6. The van der Waals surface area contributed by atoms with Crippen LogP contribution in [0.2, 0.25) is 5.02 Å². The number of aliphatic imine (C=N–C) groups is 2. The number of fused-ring (bicyclic) bond motifs is 1. The summed E-state index contributed by atoms with van der Waals surface area (Å²) in [6.07, 6.45) is 5.68. The van der Waals surface area contributed by atoms with Crippen LogP contribution in [0, 0.1) is 24.2 Å². The number of halogens is 1. The maximum atomic E-state index is 12.5. The molecule has 4 atom stereocenters. The number of rotatable bonds is 6. The Morgan fingerprint density at radius 3 is 2.82 bits per heavy atom. The van der Waals surface area contributed by atoms with E-state index < -0.39 is 6.23 Å². The highest BCUT2D eigenvalue weighted by Crippen LogP contribution is 2.58. The third-order valence-corrected chi connectivity index (χ3v) is 7.86. The molecule has 0 N–H and O–H groups in total. The SMILES string of the molecule is CCC1C(OCC23CCN(C(=O)OC4(C)CC4)CC2C3)=NC=NC1Oc1ccc(C)cc1Cl. The third kappa shape index (κ3) is 4.70. The molecule has 0 aromatic heterocycles. The van der Waals surface area contributed by atoms with Gasteiger partial charge in [0.1, 0.15) is 17.7 Å². The maximum absolute atomic E-state index is 12.5. The van der Waals surface area contributed by atoms with Crippen LogP contribution in [0.25, 0.3) is 0 Å². The molecule has 5 rings (SSSR count). The van der Waals surface area contributed by atoms with E-state index in [1.54, 1.807) is 0 Å². The second kappa shape index (κ2) is 8.49. The largest absolute Gasteiger partial charge is 0.480 e. The predicted octanol–water partition coefficient (Wildman–Crippen LogP) is 5.24. The molecule has 8 heteroatoms. The van der Waals surface area contributed by atoms with Gasteiger partial charge in [0.2, 0.25) is 6.23 Å². The number of piperidine rings is 1. The Hall–Kier alpha value is -2.28. The summed E-state index contributed by atoms with van der Waals surface area (Å²) in [6, 6.07) is 5.73. The van der Waals surface area contributed by atoms with Gasteiger partial charge < -0.3 is 19.1 Å². The van der Waals surface area contributed by atoms with Crippen molar-refractivity contribution in [1.29, 1.82) is 0 Å². The monoisotopic (exact) mass is 473 g/mol. The van der Waals surface area contributed by atoms with Crippen molar-refractivity contribution in [3.8, 4) is 5.75 Å². The molecule has 3 fully saturated rings. The van der Waals surface area contributed by atoms with Crippen LogP contribution >= 0.6 is 11.6 Å². The van der Waals surface area contributed by atoms with Crippen molar-refractivity contribution in [1.82, 2.24) is 4.90 Å². The molecule has 7 nitrogen and oxygen atoms in total. The average molecular weight is 474 g/mol. The van der Waals surface area contributed by atoms with Gasteiger partial charge in [0.05, 0.1) is 17.5 Å². The summed E-state index contributed by atoms with van der Waals surface area (Å²) in [4.78, 5) is 23.2. The zero-order valence-electron chi connectivity index (χ0n) is 19.6. The lowest BCUT2D eigenvalue weighted by atomic mass is 9.96. The number of likely N-dealkylation sites (tertiary alicyclic amines) is 1. The molecule has 1 saturated heterocycles. The van der Waals surface area contributed by atoms with Gasteiger partial charge in [-0.2, -0.15) is 0 Å². The first-order valence-corrected chi connectivity index (χ1v) is 12.3. The van der Waals surface area contributed by atoms with Crippen molar-refractivity contribution in [3.63, 3.8) is 0 Å². The lowest BCUT2D eigenvalue weighted by Gasteiger charge is -2.33. The van der Waals surface area contributed by atoms with Crippen molar-refractivity contribution in [2.45, 2.75) is 64.7 Å². The summed E-state index contributed by atoms with van der Waals surface area (Å²) < 4.78 is 18.1. The van der Waals surface area contributed by atoms with E-state index >= 15 is 0 Å². The lowest BCUT2D eigenvalue weighted by molar-refractivity contribution is 0.0426. The molecule has 2 saturated carbocycles. The first-order chi connectivity index (χ1) is 15.8. The summed E-state index contributed by atoms with van der Waals surface area (Å²) in [5, 5.41) is 0.575. The Morgan fingerprint density at radius 2 is 2.12 bits per heavy atom. The molecule has 33 heavy (non-hydrogen) atoms. The average Bonchev–Trinajstić information content (AvgIpc) is 3.70. The van der Waals surface area contributed by atoms with Crippen LogP contribution in [-0.2, 0) is 9.47 Å². The molecular formula is C25H32ClN3O4. The molecular weight excluding hydrogens is 442 g/mol. The van der Waals surface area contributed by atoms with Crippen molar-refractivity contribution < 1.29 is 19.0 Å². The molecule has 0 radical (unpaired) electrons. The van der Waals surface area contributed by atoms with E-state index in [4.69, 9.17) is 25.8 Å². The summed E-state index contributed by atoms with van der Waals surface area (Å²) >= 11 is 6.36. The van der Waals surface area contributed by atoms with E-state index in [1.165, 1.54) is 6.34 Å². The minimum absolute atomic E-state index is 0.0738. The van der Waals surface area contributed by atoms with Gasteiger partial charge in [-0.05, 0) is 69.6 Å². The zero-order chi connectivity index (χ0) is 23.2. The van der Waals surface area contributed by atoms with E-state index in [0.29, 0.717) is 29.2 Å². The second-order valence-corrected chi connectivity index (χ2v) is 10.7. The van der Waals surface area contributed by atoms with Gasteiger partial charge in [0.15, 0.2) is 5.90 Å². The van der Waals surface area contributed by atoms with Gasteiger partial charge in [-0.1, -0.05) is 24.6 Å². The molecule has 4 unspecified atom stereocenters. The van der Waals surface area contributed by atoms with Gasteiger partial charge in [-0.25, -0.2) is 14.8 Å². The Labute approximate surface area is 200 Å². The molecule has 0 bridgehead atoms. The van der Waals surface area contributed by atoms with Gasteiger partial charge in [0.25, 0.3) is 0 Å². The fraction of sp³-hybridized carbons (Fsp3) is 0.640. The number of benzene rings is 1. The number of aryl methyl sites for hydroxylation is 1. The van der Waals surface area contributed by atoms with Crippen LogP contribution in [0.4, 0.5) is 4.79 Å². The Morgan fingerprint density at radius 1 is 1.30 bits per heavy atom. The van der Waals surface area contributed by atoms with Crippen molar-refractivity contribution in [2.75, 3.05) is 19.7 Å². The van der Waals surface area contributed by atoms with E-state index in [9.17, 15) is 4.79 Å². The predicted molar refractivity (Wildman–Crippen MR) is 127 cm³/mol. The summed E-state index contributed by atoms with van der Waals surface area (Å²) in [7, 11) is 0. The van der Waals surface area contributed by atoms with Crippen LogP contribution in [0.15, 0.2) is 28.2 Å². The molecule has 2 aliphatic carbocycles. The van der Waals surface area contributed by atoms with Gasteiger partial charge in [-0.3, -0.25) is 0 Å². The third-order valence-electron chi connectivity index (χ3n) is 7.57. The molecule has 1 aromatic carbocycles.